The fourth-order valence-electron chi connectivity index (χ4n) is 2.12. The van der Waals surface area contributed by atoms with Gasteiger partial charge in [0.25, 0.3) is 0 Å². The van der Waals surface area contributed by atoms with Crippen LogP contribution in [-0.2, 0) is 14.8 Å². The summed E-state index contributed by atoms with van der Waals surface area (Å²) in [5.41, 5.74) is 0. The molecule has 5 nitrogen and oxygen atoms in total. The number of nitriles is 1. The maximum Gasteiger partial charge on any atom is 0.250 e. The molecule has 7 heteroatoms. The number of ether oxygens (including phenoxy) is 1. The van der Waals surface area contributed by atoms with Gasteiger partial charge < -0.3 is 4.74 Å². The first-order chi connectivity index (χ1) is 8.56. The van der Waals surface area contributed by atoms with E-state index in [4.69, 9.17) is 10.00 Å². The number of rotatable bonds is 4. The molecule has 1 aromatic heterocycles. The molecule has 0 aromatic carbocycles. The highest BCUT2D eigenvalue weighted by Gasteiger charge is 2.31. The van der Waals surface area contributed by atoms with E-state index in [0.717, 1.165) is 30.6 Å². The van der Waals surface area contributed by atoms with Crippen LogP contribution in [-0.4, -0.2) is 27.7 Å². The normalized spacial score (nSPS) is 24.0. The van der Waals surface area contributed by atoms with Crippen molar-refractivity contribution in [2.75, 3.05) is 7.11 Å². The lowest BCUT2D eigenvalue weighted by Crippen LogP contribution is -2.40. The average Bonchev–Trinajstić information content (AvgIpc) is 2.96. The quantitative estimate of drug-likeness (QED) is 0.909. The van der Waals surface area contributed by atoms with Crippen LogP contribution in [0, 0.1) is 11.3 Å². The molecule has 0 bridgehead atoms. The highest BCUT2D eigenvalue weighted by atomic mass is 32.2. The Hall–Kier alpha value is -0.940. The van der Waals surface area contributed by atoms with Gasteiger partial charge in [0.05, 0.1) is 6.10 Å². The Morgan fingerprint density at radius 1 is 1.50 bits per heavy atom. The lowest BCUT2D eigenvalue weighted by Gasteiger charge is -2.18. The predicted molar refractivity (Wildman–Crippen MR) is 67.8 cm³/mol. The molecule has 0 saturated heterocycles. The third kappa shape index (κ3) is 2.72. The smallest absolute Gasteiger partial charge is 0.250 e. The van der Waals surface area contributed by atoms with Crippen LogP contribution < -0.4 is 4.72 Å². The molecule has 98 valence electrons. The molecule has 1 aliphatic carbocycles. The Labute approximate surface area is 110 Å². The molecule has 1 N–H and O–H groups in total. The summed E-state index contributed by atoms with van der Waals surface area (Å²) in [7, 11) is -1.95. The summed E-state index contributed by atoms with van der Waals surface area (Å²) < 4.78 is 32.3. The number of nitrogens with one attached hydrogen (secondary N) is 1. The molecule has 18 heavy (non-hydrogen) atoms. The van der Waals surface area contributed by atoms with Crippen LogP contribution in [0.5, 0.6) is 0 Å². The van der Waals surface area contributed by atoms with E-state index in [1.165, 1.54) is 12.1 Å². The summed E-state index contributed by atoms with van der Waals surface area (Å²) >= 11 is 0.980. The third-order valence-corrected chi connectivity index (χ3v) is 5.99. The molecule has 2 rings (SSSR count). The summed E-state index contributed by atoms with van der Waals surface area (Å²) in [5, 5.41) is 8.71. The van der Waals surface area contributed by atoms with Gasteiger partial charge in [-0.15, -0.1) is 11.3 Å². The van der Waals surface area contributed by atoms with Crippen molar-refractivity contribution in [2.24, 2.45) is 0 Å². The van der Waals surface area contributed by atoms with E-state index in [0.29, 0.717) is 4.88 Å². The molecule has 1 aromatic rings. The van der Waals surface area contributed by atoms with E-state index >= 15 is 0 Å². The van der Waals surface area contributed by atoms with Gasteiger partial charge in [-0.25, -0.2) is 13.1 Å². The molecular weight excluding hydrogens is 272 g/mol. The monoisotopic (exact) mass is 286 g/mol. The van der Waals surface area contributed by atoms with Gasteiger partial charge in [0.2, 0.25) is 10.0 Å². The Morgan fingerprint density at radius 3 is 2.89 bits per heavy atom. The molecule has 2 unspecified atom stereocenters. The van der Waals surface area contributed by atoms with Gasteiger partial charge in [-0.05, 0) is 31.4 Å². The molecule has 0 spiro atoms. The fraction of sp³-hybridized carbons (Fsp3) is 0.545. The molecule has 1 fully saturated rings. The van der Waals surface area contributed by atoms with Crippen LogP contribution in [0.2, 0.25) is 0 Å². The second-order valence-electron chi connectivity index (χ2n) is 4.16. The van der Waals surface area contributed by atoms with E-state index in [2.05, 4.69) is 4.72 Å². The number of thiophene rings is 1. The summed E-state index contributed by atoms with van der Waals surface area (Å²) in [6.07, 6.45) is 2.56. The molecule has 0 amide bonds. The largest absolute Gasteiger partial charge is 0.380 e. The van der Waals surface area contributed by atoms with Gasteiger partial charge in [0, 0.05) is 13.2 Å². The third-order valence-electron chi connectivity index (χ3n) is 3.02. The lowest BCUT2D eigenvalue weighted by atomic mass is 10.2. The van der Waals surface area contributed by atoms with Crippen molar-refractivity contribution < 1.29 is 13.2 Å². The number of sulfonamides is 1. The summed E-state index contributed by atoms with van der Waals surface area (Å²) in [6.45, 7) is 0. The molecule has 2 atom stereocenters. The van der Waals surface area contributed by atoms with E-state index < -0.39 is 10.0 Å². The molecule has 0 radical (unpaired) electrons. The maximum absolute atomic E-state index is 12.1. The number of hydrogen-bond acceptors (Lipinski definition) is 5. The zero-order valence-electron chi connectivity index (χ0n) is 9.92. The number of hydrogen-bond donors (Lipinski definition) is 1. The Kier molecular flexibility index (Phi) is 4.02. The van der Waals surface area contributed by atoms with Crippen molar-refractivity contribution in [1.29, 1.82) is 5.26 Å². The fourth-order valence-corrected chi connectivity index (χ4v) is 4.54. The second kappa shape index (κ2) is 5.36. The molecule has 1 aliphatic rings. The Morgan fingerprint density at radius 2 is 2.28 bits per heavy atom. The second-order valence-corrected chi connectivity index (χ2v) is 7.19. The van der Waals surface area contributed by atoms with Gasteiger partial charge in [-0.2, -0.15) is 5.26 Å². The minimum absolute atomic E-state index is 0.0600. The highest BCUT2D eigenvalue weighted by Crippen LogP contribution is 2.25. The van der Waals surface area contributed by atoms with Gasteiger partial charge in [-0.1, -0.05) is 0 Å². The van der Waals surface area contributed by atoms with Crippen molar-refractivity contribution in [2.45, 2.75) is 35.6 Å². The number of methoxy groups -OCH3 is 1. The van der Waals surface area contributed by atoms with Crippen LogP contribution in [0.25, 0.3) is 0 Å². The first kappa shape index (κ1) is 13.5. The predicted octanol–water partition coefficient (Wildman–Crippen LogP) is 1.47. The van der Waals surface area contributed by atoms with Crippen molar-refractivity contribution in [1.82, 2.24) is 4.72 Å². The van der Waals surface area contributed by atoms with Crippen molar-refractivity contribution >= 4 is 21.4 Å². The minimum atomic E-state index is -3.54. The summed E-state index contributed by atoms with van der Waals surface area (Å²) in [4.78, 5) is 0.394. The maximum atomic E-state index is 12.1. The summed E-state index contributed by atoms with van der Waals surface area (Å²) in [6, 6.07) is 4.74. The van der Waals surface area contributed by atoms with Crippen molar-refractivity contribution in [3.8, 4) is 6.07 Å². The molecule has 0 aliphatic heterocycles. The number of nitrogens with zero attached hydrogens (tertiary/aromatic N) is 1. The minimum Gasteiger partial charge on any atom is -0.380 e. The van der Waals surface area contributed by atoms with E-state index in [1.807, 2.05) is 6.07 Å². The first-order valence-electron chi connectivity index (χ1n) is 5.62. The van der Waals surface area contributed by atoms with E-state index in [1.54, 1.807) is 7.11 Å². The lowest BCUT2D eigenvalue weighted by molar-refractivity contribution is 0.0916. The van der Waals surface area contributed by atoms with Gasteiger partial charge in [0.15, 0.2) is 0 Å². The van der Waals surface area contributed by atoms with Gasteiger partial charge in [-0.3, -0.25) is 0 Å². The SMILES string of the molecule is COC1CCCC1NS(=O)(=O)c1ccc(C#N)s1. The average molecular weight is 286 g/mol. The standard InChI is InChI=1S/C11H14N2O3S2/c1-16-10-4-2-3-9(10)13-18(14,15)11-6-5-8(7-12)17-11/h5-6,9-10,13H,2-4H2,1H3. The van der Waals surface area contributed by atoms with Gasteiger partial charge >= 0.3 is 0 Å². The van der Waals surface area contributed by atoms with Crippen LogP contribution in [0.3, 0.4) is 0 Å². The Balaban J connectivity index is 2.14. The zero-order chi connectivity index (χ0) is 13.2. The van der Waals surface area contributed by atoms with E-state index in [9.17, 15) is 8.42 Å². The molecule has 1 saturated carbocycles. The highest BCUT2D eigenvalue weighted by molar-refractivity contribution is 7.91. The summed E-state index contributed by atoms with van der Waals surface area (Å²) in [5.74, 6) is 0. The topological polar surface area (TPSA) is 79.2 Å². The Bertz CT molecular complexity index is 559. The molecular formula is C11H14N2O3S2. The van der Waals surface area contributed by atoms with Gasteiger partial charge in [0.1, 0.15) is 15.2 Å². The van der Waals surface area contributed by atoms with Crippen LogP contribution >= 0.6 is 11.3 Å². The van der Waals surface area contributed by atoms with Crippen molar-refractivity contribution in [3.63, 3.8) is 0 Å². The van der Waals surface area contributed by atoms with Crippen molar-refractivity contribution in [3.05, 3.63) is 17.0 Å². The van der Waals surface area contributed by atoms with Crippen LogP contribution in [0.1, 0.15) is 24.1 Å². The zero-order valence-corrected chi connectivity index (χ0v) is 11.6. The molecule has 1 heterocycles. The van der Waals surface area contributed by atoms with Crippen LogP contribution in [0.4, 0.5) is 0 Å². The van der Waals surface area contributed by atoms with E-state index in [-0.39, 0.29) is 16.4 Å². The van der Waals surface area contributed by atoms with Crippen LogP contribution in [0.15, 0.2) is 16.3 Å². The first-order valence-corrected chi connectivity index (χ1v) is 7.92.